The van der Waals surface area contributed by atoms with Crippen LogP contribution in [0.5, 0.6) is 5.75 Å². The van der Waals surface area contributed by atoms with Gasteiger partial charge in [-0.25, -0.2) is 8.42 Å². The van der Waals surface area contributed by atoms with Crippen molar-refractivity contribution in [3.63, 3.8) is 0 Å². The zero-order valence-electron chi connectivity index (χ0n) is 23.3. The second-order valence-electron chi connectivity index (χ2n) is 9.43. The molecule has 214 valence electrons. The van der Waals surface area contributed by atoms with E-state index >= 15 is 0 Å². The predicted octanol–water partition coefficient (Wildman–Crippen LogP) is 5.19. The minimum atomic E-state index is -4.20. The van der Waals surface area contributed by atoms with Crippen molar-refractivity contribution in [2.45, 2.75) is 51.1 Å². The lowest BCUT2D eigenvalue weighted by Gasteiger charge is -2.32. The quantitative estimate of drug-likeness (QED) is 0.279. The average Bonchev–Trinajstić information content (AvgIpc) is 2.95. The smallest absolute Gasteiger partial charge is 0.264 e. The summed E-state index contributed by atoms with van der Waals surface area (Å²) in [5.74, 6) is -0.610. The number of hydrogen-bond donors (Lipinski definition) is 1. The van der Waals surface area contributed by atoms with E-state index in [4.69, 9.17) is 16.3 Å². The molecule has 8 nitrogen and oxygen atoms in total. The van der Waals surface area contributed by atoms with E-state index in [1.807, 2.05) is 13.8 Å². The first-order valence-corrected chi connectivity index (χ1v) is 14.9. The summed E-state index contributed by atoms with van der Waals surface area (Å²) in [7, 11) is -2.76. The van der Waals surface area contributed by atoms with E-state index in [1.165, 1.54) is 24.1 Å². The second-order valence-corrected chi connectivity index (χ2v) is 11.7. The first-order chi connectivity index (χ1) is 19.1. The molecule has 0 fully saturated rings. The molecule has 3 aromatic carbocycles. The zero-order chi connectivity index (χ0) is 29.3. The fourth-order valence-electron chi connectivity index (χ4n) is 4.16. The third kappa shape index (κ3) is 7.55. The molecule has 3 aromatic rings. The number of benzene rings is 3. The summed E-state index contributed by atoms with van der Waals surface area (Å²) in [6.45, 7) is 5.40. The molecule has 0 aliphatic carbocycles. The van der Waals surface area contributed by atoms with E-state index in [0.29, 0.717) is 22.9 Å². The molecule has 0 spiro atoms. The Morgan fingerprint density at radius 1 is 1.02 bits per heavy atom. The number of sulfonamides is 1. The van der Waals surface area contributed by atoms with Crippen LogP contribution in [-0.4, -0.2) is 51.4 Å². The summed E-state index contributed by atoms with van der Waals surface area (Å²) in [5, 5.41) is 3.31. The van der Waals surface area contributed by atoms with Gasteiger partial charge in [-0.2, -0.15) is 0 Å². The number of amides is 2. The van der Waals surface area contributed by atoms with Gasteiger partial charge in [-0.05, 0) is 61.7 Å². The monoisotopic (exact) mass is 585 g/mol. The SMILES string of the molecule is CCCCNC(=O)C(C)N(Cc1ccccc1Cl)C(=O)CN(c1cc(C)ccc1OC)S(=O)(=O)c1ccccc1. The van der Waals surface area contributed by atoms with Crippen LogP contribution in [0.1, 0.15) is 37.8 Å². The molecule has 10 heteroatoms. The Labute approximate surface area is 241 Å². The Bertz CT molecular complexity index is 1420. The van der Waals surface area contributed by atoms with Gasteiger partial charge in [-0.3, -0.25) is 13.9 Å². The van der Waals surface area contributed by atoms with Crippen LogP contribution in [0.2, 0.25) is 5.02 Å². The Hall–Kier alpha value is -3.56. The van der Waals surface area contributed by atoms with Gasteiger partial charge in [0, 0.05) is 18.1 Å². The van der Waals surface area contributed by atoms with Gasteiger partial charge in [0.2, 0.25) is 11.8 Å². The van der Waals surface area contributed by atoms with Crippen molar-refractivity contribution >= 4 is 39.1 Å². The summed E-state index contributed by atoms with van der Waals surface area (Å²) in [6, 6.07) is 19.2. The molecule has 0 heterocycles. The Balaban J connectivity index is 2.07. The molecule has 1 unspecified atom stereocenters. The lowest BCUT2D eigenvalue weighted by Crippen LogP contribution is -2.51. The van der Waals surface area contributed by atoms with Crippen LogP contribution in [-0.2, 0) is 26.2 Å². The first kappa shape index (κ1) is 31.0. The van der Waals surface area contributed by atoms with Gasteiger partial charge in [0.25, 0.3) is 10.0 Å². The molecule has 0 aliphatic rings. The molecule has 0 saturated heterocycles. The fourth-order valence-corrected chi connectivity index (χ4v) is 5.79. The Morgan fingerprint density at radius 2 is 1.70 bits per heavy atom. The lowest BCUT2D eigenvalue weighted by molar-refractivity contribution is -0.139. The fraction of sp³-hybridized carbons (Fsp3) is 0.333. The van der Waals surface area contributed by atoms with Gasteiger partial charge in [-0.1, -0.05) is 67.4 Å². The number of aryl methyl sites for hydroxylation is 1. The molecule has 0 bridgehead atoms. The van der Waals surface area contributed by atoms with E-state index in [0.717, 1.165) is 22.7 Å². The Kier molecular flexibility index (Phi) is 11.0. The zero-order valence-corrected chi connectivity index (χ0v) is 24.8. The van der Waals surface area contributed by atoms with E-state index in [9.17, 15) is 18.0 Å². The van der Waals surface area contributed by atoms with Gasteiger partial charge < -0.3 is 15.0 Å². The summed E-state index contributed by atoms with van der Waals surface area (Å²) >= 11 is 6.41. The number of hydrogen-bond acceptors (Lipinski definition) is 5. The first-order valence-electron chi connectivity index (χ1n) is 13.1. The molecular weight excluding hydrogens is 550 g/mol. The van der Waals surface area contributed by atoms with Crippen LogP contribution in [0.15, 0.2) is 77.7 Å². The molecule has 3 rings (SSSR count). The summed E-state index contributed by atoms with van der Waals surface area (Å²) in [6.07, 6.45) is 1.70. The third-order valence-corrected chi connectivity index (χ3v) is 8.65. The normalized spacial score (nSPS) is 11.9. The number of methoxy groups -OCH3 is 1. The minimum Gasteiger partial charge on any atom is -0.495 e. The van der Waals surface area contributed by atoms with Crippen molar-refractivity contribution in [1.82, 2.24) is 10.2 Å². The number of nitrogens with one attached hydrogen (secondary N) is 1. The van der Waals surface area contributed by atoms with Gasteiger partial charge in [0.05, 0.1) is 17.7 Å². The van der Waals surface area contributed by atoms with Crippen molar-refractivity contribution in [3.05, 3.63) is 88.9 Å². The minimum absolute atomic E-state index is 0.0189. The molecule has 0 aliphatic heterocycles. The Morgan fingerprint density at radius 3 is 2.35 bits per heavy atom. The summed E-state index contributed by atoms with van der Waals surface area (Å²) in [4.78, 5) is 28.5. The number of carbonyl (C=O) groups is 2. The highest BCUT2D eigenvalue weighted by Gasteiger charge is 2.34. The van der Waals surface area contributed by atoms with E-state index in [2.05, 4.69) is 5.32 Å². The number of carbonyl (C=O) groups excluding carboxylic acids is 2. The molecule has 1 atom stereocenters. The highest BCUT2D eigenvalue weighted by atomic mass is 35.5. The molecule has 1 N–H and O–H groups in total. The topological polar surface area (TPSA) is 96.0 Å². The number of rotatable bonds is 13. The van der Waals surface area contributed by atoms with Gasteiger partial charge in [-0.15, -0.1) is 0 Å². The molecule has 2 amide bonds. The maximum absolute atomic E-state index is 14.0. The number of halogens is 1. The third-order valence-electron chi connectivity index (χ3n) is 6.51. The largest absolute Gasteiger partial charge is 0.495 e. The maximum atomic E-state index is 14.0. The number of ether oxygens (including phenoxy) is 1. The average molecular weight is 586 g/mol. The van der Waals surface area contributed by atoms with Crippen molar-refractivity contribution in [3.8, 4) is 5.75 Å². The number of anilines is 1. The van der Waals surface area contributed by atoms with Crippen molar-refractivity contribution in [1.29, 1.82) is 0 Å². The highest BCUT2D eigenvalue weighted by Crippen LogP contribution is 2.33. The van der Waals surface area contributed by atoms with Crippen LogP contribution < -0.4 is 14.4 Å². The van der Waals surface area contributed by atoms with Crippen LogP contribution >= 0.6 is 11.6 Å². The van der Waals surface area contributed by atoms with E-state index < -0.39 is 28.5 Å². The predicted molar refractivity (Wildman–Crippen MR) is 158 cm³/mol. The van der Waals surface area contributed by atoms with Gasteiger partial charge in [0.15, 0.2) is 0 Å². The molecule has 40 heavy (non-hydrogen) atoms. The van der Waals surface area contributed by atoms with Crippen LogP contribution in [0.3, 0.4) is 0 Å². The lowest BCUT2D eigenvalue weighted by atomic mass is 10.1. The van der Waals surface area contributed by atoms with Gasteiger partial charge >= 0.3 is 0 Å². The van der Waals surface area contributed by atoms with Crippen molar-refractivity contribution < 1.29 is 22.7 Å². The molecule has 0 aromatic heterocycles. The van der Waals surface area contributed by atoms with Crippen LogP contribution in [0.25, 0.3) is 0 Å². The number of unbranched alkanes of at least 4 members (excludes halogenated alkanes) is 1. The molecular formula is C30H36ClN3O5S. The molecule has 0 saturated carbocycles. The van der Waals surface area contributed by atoms with E-state index in [-0.39, 0.29) is 23.0 Å². The highest BCUT2D eigenvalue weighted by molar-refractivity contribution is 7.92. The second kappa shape index (κ2) is 14.2. The van der Waals surface area contributed by atoms with Gasteiger partial charge in [0.1, 0.15) is 18.3 Å². The summed E-state index contributed by atoms with van der Waals surface area (Å²) in [5.41, 5.74) is 1.64. The van der Waals surface area contributed by atoms with Crippen molar-refractivity contribution in [2.75, 3.05) is 24.5 Å². The van der Waals surface area contributed by atoms with Crippen LogP contribution in [0, 0.1) is 6.92 Å². The number of nitrogens with zero attached hydrogens (tertiary/aromatic N) is 2. The molecule has 0 radical (unpaired) electrons. The van der Waals surface area contributed by atoms with Crippen molar-refractivity contribution in [2.24, 2.45) is 0 Å². The van der Waals surface area contributed by atoms with E-state index in [1.54, 1.807) is 67.6 Å². The standard InChI is InChI=1S/C30H36ClN3O5S/c1-5-6-18-32-30(36)23(3)33(20-24-12-10-11-15-26(24)31)29(35)21-34(27-19-22(2)16-17-28(27)39-4)40(37,38)25-13-8-7-9-14-25/h7-17,19,23H,5-6,18,20-21H2,1-4H3,(H,32,36). The summed E-state index contributed by atoms with van der Waals surface area (Å²) < 4.78 is 34.5. The van der Waals surface area contributed by atoms with Crippen LogP contribution in [0.4, 0.5) is 5.69 Å². The maximum Gasteiger partial charge on any atom is 0.264 e.